The summed E-state index contributed by atoms with van der Waals surface area (Å²) in [6.07, 6.45) is 5.16. The summed E-state index contributed by atoms with van der Waals surface area (Å²) in [7, 11) is 0. The van der Waals surface area contributed by atoms with Crippen LogP contribution >= 0.6 is 0 Å². The van der Waals surface area contributed by atoms with Gasteiger partial charge in [-0.1, -0.05) is 12.1 Å². The van der Waals surface area contributed by atoms with Gasteiger partial charge in [0.15, 0.2) is 0 Å². The van der Waals surface area contributed by atoms with Crippen molar-refractivity contribution in [1.82, 2.24) is 10.3 Å². The van der Waals surface area contributed by atoms with Gasteiger partial charge in [0.05, 0.1) is 11.4 Å². The average Bonchev–Trinajstić information content (AvgIpc) is 3.54. The molecular weight excluding hydrogens is 354 g/mol. The molecule has 0 radical (unpaired) electrons. The van der Waals surface area contributed by atoms with Crippen LogP contribution in [0.1, 0.15) is 36.0 Å². The summed E-state index contributed by atoms with van der Waals surface area (Å²) in [6.45, 7) is 1.40. The predicted octanol–water partition coefficient (Wildman–Crippen LogP) is 2.38. The molecule has 1 saturated carbocycles. The molecule has 0 unspecified atom stereocenters. The smallest absolute Gasteiger partial charge is 0.251 e. The standard InChI is InChI=1S/C21H23N5O2/c27-19(23-15-5-6-15)14-7-10-22-18(13-14)26-11-8-21(9-12-26)20(28)24-16-3-1-2-4-17(16)25-21/h1-4,7,10,13,15,25H,5-6,8-9,11-12H2,(H,23,27)(H,24,28). The molecule has 0 bridgehead atoms. The molecule has 7 heteroatoms. The molecule has 1 saturated heterocycles. The molecule has 1 aromatic heterocycles. The van der Waals surface area contributed by atoms with E-state index >= 15 is 0 Å². The summed E-state index contributed by atoms with van der Waals surface area (Å²) < 4.78 is 0. The maximum atomic E-state index is 12.8. The van der Waals surface area contributed by atoms with Crippen molar-refractivity contribution >= 4 is 29.0 Å². The van der Waals surface area contributed by atoms with Crippen LogP contribution in [-0.2, 0) is 4.79 Å². The fourth-order valence-corrected chi connectivity index (χ4v) is 3.96. The van der Waals surface area contributed by atoms with Crippen LogP contribution in [-0.4, -0.2) is 41.5 Å². The number of para-hydroxylation sites is 2. The molecule has 144 valence electrons. The van der Waals surface area contributed by atoms with Gasteiger partial charge in [-0.3, -0.25) is 9.59 Å². The number of piperidine rings is 1. The van der Waals surface area contributed by atoms with Gasteiger partial charge in [-0.15, -0.1) is 0 Å². The lowest BCUT2D eigenvalue weighted by Crippen LogP contribution is -2.58. The Kier molecular flexibility index (Phi) is 3.96. The van der Waals surface area contributed by atoms with Crippen molar-refractivity contribution < 1.29 is 9.59 Å². The molecule has 7 nitrogen and oxygen atoms in total. The van der Waals surface area contributed by atoms with Gasteiger partial charge in [0, 0.05) is 30.9 Å². The van der Waals surface area contributed by atoms with Crippen LogP contribution in [0.4, 0.5) is 17.2 Å². The van der Waals surface area contributed by atoms with E-state index in [0.717, 1.165) is 30.0 Å². The van der Waals surface area contributed by atoms with Crippen molar-refractivity contribution in [3.05, 3.63) is 48.2 Å². The fraction of sp³-hybridized carbons (Fsp3) is 0.381. The maximum absolute atomic E-state index is 12.8. The van der Waals surface area contributed by atoms with Gasteiger partial charge in [0.1, 0.15) is 11.4 Å². The number of nitrogens with one attached hydrogen (secondary N) is 3. The molecule has 3 aliphatic rings. The third-order valence-electron chi connectivity index (χ3n) is 5.85. The molecule has 1 spiro atoms. The number of aromatic nitrogens is 1. The first-order chi connectivity index (χ1) is 13.6. The van der Waals surface area contributed by atoms with Gasteiger partial charge in [0.25, 0.3) is 5.91 Å². The fourth-order valence-electron chi connectivity index (χ4n) is 3.96. The van der Waals surface area contributed by atoms with Gasteiger partial charge in [-0.25, -0.2) is 4.98 Å². The van der Waals surface area contributed by atoms with Gasteiger partial charge < -0.3 is 20.9 Å². The van der Waals surface area contributed by atoms with Crippen LogP contribution < -0.4 is 20.9 Å². The largest absolute Gasteiger partial charge is 0.369 e. The number of hydrogen-bond acceptors (Lipinski definition) is 5. The van der Waals surface area contributed by atoms with E-state index in [-0.39, 0.29) is 11.8 Å². The molecule has 28 heavy (non-hydrogen) atoms. The second-order valence-corrected chi connectivity index (χ2v) is 7.84. The zero-order valence-corrected chi connectivity index (χ0v) is 15.6. The number of rotatable bonds is 3. The lowest BCUT2D eigenvalue weighted by molar-refractivity contribution is -0.121. The Morgan fingerprint density at radius 3 is 2.64 bits per heavy atom. The number of nitrogens with zero attached hydrogens (tertiary/aromatic N) is 2. The van der Waals surface area contributed by atoms with Gasteiger partial charge in [0.2, 0.25) is 5.91 Å². The monoisotopic (exact) mass is 377 g/mol. The molecule has 1 aromatic carbocycles. The molecule has 2 aliphatic heterocycles. The highest BCUT2D eigenvalue weighted by Crippen LogP contribution is 2.37. The number of pyridine rings is 1. The average molecular weight is 377 g/mol. The van der Waals surface area contributed by atoms with E-state index in [9.17, 15) is 9.59 Å². The van der Waals surface area contributed by atoms with Gasteiger partial charge in [-0.05, 0) is 49.9 Å². The van der Waals surface area contributed by atoms with Crippen molar-refractivity contribution in [3.63, 3.8) is 0 Å². The molecule has 0 atom stereocenters. The maximum Gasteiger partial charge on any atom is 0.251 e. The Labute approximate surface area is 163 Å². The van der Waals surface area contributed by atoms with Gasteiger partial charge in [-0.2, -0.15) is 0 Å². The summed E-state index contributed by atoms with van der Waals surface area (Å²) >= 11 is 0. The van der Waals surface area contributed by atoms with E-state index in [1.54, 1.807) is 12.3 Å². The van der Waals surface area contributed by atoms with Crippen molar-refractivity contribution in [2.75, 3.05) is 28.6 Å². The van der Waals surface area contributed by atoms with Crippen molar-refractivity contribution in [3.8, 4) is 0 Å². The molecular formula is C21H23N5O2. The number of anilines is 3. The third kappa shape index (κ3) is 3.06. The van der Waals surface area contributed by atoms with Crippen LogP contribution in [0.25, 0.3) is 0 Å². The molecule has 3 heterocycles. The summed E-state index contributed by atoms with van der Waals surface area (Å²) in [6, 6.07) is 11.7. The van der Waals surface area contributed by atoms with Crippen LogP contribution in [0.5, 0.6) is 0 Å². The molecule has 5 rings (SSSR count). The van der Waals surface area contributed by atoms with E-state index < -0.39 is 5.54 Å². The first-order valence-electron chi connectivity index (χ1n) is 9.84. The Balaban J connectivity index is 1.30. The van der Waals surface area contributed by atoms with Crippen LogP contribution in [0, 0.1) is 0 Å². The van der Waals surface area contributed by atoms with Crippen molar-refractivity contribution in [2.45, 2.75) is 37.3 Å². The molecule has 1 aliphatic carbocycles. The second-order valence-electron chi connectivity index (χ2n) is 7.84. The highest BCUT2D eigenvalue weighted by molar-refractivity contribution is 6.06. The number of carbonyl (C=O) groups is 2. The highest BCUT2D eigenvalue weighted by Gasteiger charge is 2.44. The van der Waals surface area contributed by atoms with E-state index in [1.807, 2.05) is 30.3 Å². The summed E-state index contributed by atoms with van der Waals surface area (Å²) in [5.41, 5.74) is 1.84. The number of fused-ring (bicyclic) bond motifs is 1. The van der Waals surface area contributed by atoms with Crippen LogP contribution in [0.3, 0.4) is 0 Å². The normalized spacial score (nSPS) is 20.1. The van der Waals surface area contributed by atoms with Crippen LogP contribution in [0.15, 0.2) is 42.6 Å². The third-order valence-corrected chi connectivity index (χ3v) is 5.85. The lowest BCUT2D eigenvalue weighted by atomic mass is 9.84. The zero-order chi connectivity index (χ0) is 19.1. The Bertz CT molecular complexity index is 932. The topological polar surface area (TPSA) is 86.4 Å². The predicted molar refractivity (Wildman–Crippen MR) is 108 cm³/mol. The molecule has 2 fully saturated rings. The minimum atomic E-state index is -0.591. The summed E-state index contributed by atoms with van der Waals surface area (Å²) in [4.78, 5) is 31.7. The van der Waals surface area contributed by atoms with E-state index in [2.05, 4.69) is 25.8 Å². The highest BCUT2D eigenvalue weighted by atomic mass is 16.2. The Hall–Kier alpha value is -3.09. The Morgan fingerprint density at radius 1 is 1.14 bits per heavy atom. The van der Waals surface area contributed by atoms with Gasteiger partial charge >= 0.3 is 0 Å². The van der Waals surface area contributed by atoms with E-state index in [4.69, 9.17) is 0 Å². The molecule has 3 N–H and O–H groups in total. The number of benzene rings is 1. The number of hydrogen-bond donors (Lipinski definition) is 3. The van der Waals surface area contributed by atoms with Crippen LogP contribution in [0.2, 0.25) is 0 Å². The molecule has 2 amide bonds. The first kappa shape index (κ1) is 17.0. The number of carbonyl (C=O) groups excluding carboxylic acids is 2. The second kappa shape index (κ2) is 6.51. The minimum Gasteiger partial charge on any atom is -0.369 e. The van der Waals surface area contributed by atoms with Crippen molar-refractivity contribution in [1.29, 1.82) is 0 Å². The van der Waals surface area contributed by atoms with Crippen molar-refractivity contribution in [2.24, 2.45) is 0 Å². The lowest BCUT2D eigenvalue weighted by Gasteiger charge is -2.44. The van der Waals surface area contributed by atoms with E-state index in [1.165, 1.54) is 0 Å². The minimum absolute atomic E-state index is 0.0244. The first-order valence-corrected chi connectivity index (χ1v) is 9.84. The molecule has 2 aromatic rings. The summed E-state index contributed by atoms with van der Waals surface area (Å²) in [5, 5.41) is 9.52. The Morgan fingerprint density at radius 2 is 1.89 bits per heavy atom. The summed E-state index contributed by atoms with van der Waals surface area (Å²) in [5.74, 6) is 0.774. The zero-order valence-electron chi connectivity index (χ0n) is 15.6. The number of amides is 2. The quantitative estimate of drug-likeness (QED) is 0.765. The van der Waals surface area contributed by atoms with E-state index in [0.29, 0.717) is 37.5 Å². The SMILES string of the molecule is O=C(NC1CC1)c1ccnc(N2CCC3(CC2)Nc2ccccc2NC3=O)c1.